The Labute approximate surface area is 124 Å². The molecule has 0 radical (unpaired) electrons. The summed E-state index contributed by atoms with van der Waals surface area (Å²) >= 11 is 6.15. The van der Waals surface area contributed by atoms with Crippen molar-refractivity contribution in [1.29, 1.82) is 0 Å². The average molecular weight is 305 g/mol. The minimum atomic E-state index is -0.308. The van der Waals surface area contributed by atoms with E-state index in [1.54, 1.807) is 36.4 Å². The number of tetrazole rings is 1. The molecule has 0 bridgehead atoms. The van der Waals surface area contributed by atoms with E-state index in [0.29, 0.717) is 27.7 Å². The summed E-state index contributed by atoms with van der Waals surface area (Å²) in [6.45, 7) is 0.105. The largest absolute Gasteiger partial charge is 0.487 e. The smallest absolute Gasteiger partial charge is 0.204 e. The molecule has 0 aliphatic rings. The molecule has 3 aromatic rings. The fourth-order valence-electron chi connectivity index (χ4n) is 1.81. The summed E-state index contributed by atoms with van der Waals surface area (Å²) in [5.41, 5.74) is 1.18. The van der Waals surface area contributed by atoms with Crippen molar-refractivity contribution in [3.8, 4) is 17.1 Å². The highest BCUT2D eigenvalue weighted by Gasteiger charge is 2.09. The van der Waals surface area contributed by atoms with Crippen molar-refractivity contribution in [2.45, 2.75) is 6.61 Å². The summed E-state index contributed by atoms with van der Waals surface area (Å²) in [6.07, 6.45) is 0. The highest BCUT2D eigenvalue weighted by atomic mass is 35.5. The SMILES string of the molecule is Fc1ccccc1COc1ccc(-c2nn[nH]n2)cc1Cl. The monoisotopic (exact) mass is 304 g/mol. The number of ether oxygens (including phenoxy) is 1. The fraction of sp³-hybridized carbons (Fsp3) is 0.0714. The van der Waals surface area contributed by atoms with Crippen LogP contribution in [0.15, 0.2) is 42.5 Å². The molecule has 0 atom stereocenters. The Balaban J connectivity index is 1.76. The average Bonchev–Trinajstić information content (AvgIpc) is 3.02. The molecule has 106 valence electrons. The van der Waals surface area contributed by atoms with Gasteiger partial charge in [0, 0.05) is 11.1 Å². The van der Waals surface area contributed by atoms with Crippen molar-refractivity contribution in [1.82, 2.24) is 20.6 Å². The van der Waals surface area contributed by atoms with Crippen molar-refractivity contribution in [3.05, 3.63) is 58.9 Å². The Morgan fingerprint density at radius 2 is 2.05 bits per heavy atom. The molecule has 0 unspecified atom stereocenters. The third-order valence-corrected chi connectivity index (χ3v) is 3.17. The quantitative estimate of drug-likeness (QED) is 0.803. The molecule has 0 aliphatic carbocycles. The number of aromatic nitrogens is 4. The highest BCUT2D eigenvalue weighted by molar-refractivity contribution is 6.32. The Bertz CT molecular complexity index is 748. The number of rotatable bonds is 4. The zero-order valence-electron chi connectivity index (χ0n) is 10.8. The molecule has 3 rings (SSSR count). The van der Waals surface area contributed by atoms with Crippen LogP contribution in [0.5, 0.6) is 5.75 Å². The number of nitrogens with one attached hydrogen (secondary N) is 1. The van der Waals surface area contributed by atoms with E-state index >= 15 is 0 Å². The van der Waals surface area contributed by atoms with E-state index in [1.165, 1.54) is 6.07 Å². The second kappa shape index (κ2) is 5.88. The molecule has 1 heterocycles. The summed E-state index contributed by atoms with van der Waals surface area (Å²) in [5, 5.41) is 14.0. The van der Waals surface area contributed by atoms with Crippen LogP contribution in [0.2, 0.25) is 5.02 Å². The molecule has 5 nitrogen and oxygen atoms in total. The molecule has 0 saturated carbocycles. The van der Waals surface area contributed by atoms with Crippen molar-refractivity contribution < 1.29 is 9.13 Å². The summed E-state index contributed by atoms with van der Waals surface area (Å²) in [7, 11) is 0. The van der Waals surface area contributed by atoms with Gasteiger partial charge in [-0.15, -0.1) is 10.2 Å². The topological polar surface area (TPSA) is 63.7 Å². The van der Waals surface area contributed by atoms with Gasteiger partial charge in [-0.25, -0.2) is 4.39 Å². The number of hydrogen-bond donors (Lipinski definition) is 1. The normalized spacial score (nSPS) is 10.6. The Kier molecular flexibility index (Phi) is 3.79. The van der Waals surface area contributed by atoms with E-state index < -0.39 is 0 Å². The van der Waals surface area contributed by atoms with Gasteiger partial charge in [-0.05, 0) is 29.5 Å². The van der Waals surface area contributed by atoms with E-state index in [9.17, 15) is 4.39 Å². The summed E-state index contributed by atoms with van der Waals surface area (Å²) in [4.78, 5) is 0. The fourth-order valence-corrected chi connectivity index (χ4v) is 2.05. The van der Waals surface area contributed by atoms with E-state index in [4.69, 9.17) is 16.3 Å². The van der Waals surface area contributed by atoms with Gasteiger partial charge in [0.15, 0.2) is 0 Å². The number of halogens is 2. The van der Waals surface area contributed by atoms with Crippen LogP contribution in [0.4, 0.5) is 4.39 Å². The molecule has 1 aromatic heterocycles. The van der Waals surface area contributed by atoms with Gasteiger partial charge in [-0.1, -0.05) is 29.8 Å². The van der Waals surface area contributed by atoms with Crippen molar-refractivity contribution >= 4 is 11.6 Å². The molecule has 0 saturated heterocycles. The van der Waals surface area contributed by atoms with Gasteiger partial charge in [0.2, 0.25) is 5.82 Å². The first-order chi connectivity index (χ1) is 10.2. The lowest BCUT2D eigenvalue weighted by Gasteiger charge is -2.09. The van der Waals surface area contributed by atoms with Crippen LogP contribution in [-0.2, 0) is 6.61 Å². The number of hydrogen-bond acceptors (Lipinski definition) is 4. The first-order valence-electron chi connectivity index (χ1n) is 6.13. The predicted molar refractivity (Wildman–Crippen MR) is 75.4 cm³/mol. The molecular formula is C14H10ClFN4O. The van der Waals surface area contributed by atoms with Gasteiger partial charge in [0.25, 0.3) is 0 Å². The minimum Gasteiger partial charge on any atom is -0.487 e. The second-order valence-electron chi connectivity index (χ2n) is 4.26. The van der Waals surface area contributed by atoms with Crippen molar-refractivity contribution in [3.63, 3.8) is 0 Å². The van der Waals surface area contributed by atoms with Gasteiger partial charge in [-0.3, -0.25) is 0 Å². The van der Waals surface area contributed by atoms with Crippen LogP contribution >= 0.6 is 11.6 Å². The maximum Gasteiger partial charge on any atom is 0.204 e. The van der Waals surface area contributed by atoms with Gasteiger partial charge in [-0.2, -0.15) is 5.21 Å². The number of H-pyrrole nitrogens is 1. The number of benzene rings is 2. The molecule has 21 heavy (non-hydrogen) atoms. The maximum atomic E-state index is 13.5. The third kappa shape index (κ3) is 3.00. The zero-order valence-corrected chi connectivity index (χ0v) is 11.5. The molecule has 2 aromatic carbocycles. The number of aromatic amines is 1. The summed E-state index contributed by atoms with van der Waals surface area (Å²) < 4.78 is 19.0. The Hall–Kier alpha value is -2.47. The van der Waals surface area contributed by atoms with Gasteiger partial charge >= 0.3 is 0 Å². The minimum absolute atomic E-state index is 0.105. The maximum absolute atomic E-state index is 13.5. The second-order valence-corrected chi connectivity index (χ2v) is 4.67. The Morgan fingerprint density at radius 1 is 1.19 bits per heavy atom. The van der Waals surface area contributed by atoms with Crippen LogP contribution in [0, 0.1) is 5.82 Å². The van der Waals surface area contributed by atoms with E-state index in [2.05, 4.69) is 20.6 Å². The number of nitrogens with zero attached hydrogens (tertiary/aromatic N) is 3. The predicted octanol–water partition coefficient (Wildman–Crippen LogP) is 3.24. The summed E-state index contributed by atoms with van der Waals surface area (Å²) in [5.74, 6) is 0.599. The first-order valence-corrected chi connectivity index (χ1v) is 6.51. The molecule has 0 fully saturated rings. The van der Waals surface area contributed by atoms with E-state index in [0.717, 1.165) is 0 Å². The molecule has 0 amide bonds. The van der Waals surface area contributed by atoms with Crippen LogP contribution in [0.25, 0.3) is 11.4 Å². The lowest BCUT2D eigenvalue weighted by atomic mass is 10.2. The lowest BCUT2D eigenvalue weighted by molar-refractivity contribution is 0.300. The molecule has 0 aliphatic heterocycles. The molecule has 1 N–H and O–H groups in total. The van der Waals surface area contributed by atoms with Crippen molar-refractivity contribution in [2.75, 3.05) is 0 Å². The highest BCUT2D eigenvalue weighted by Crippen LogP contribution is 2.29. The van der Waals surface area contributed by atoms with Crippen molar-refractivity contribution in [2.24, 2.45) is 0 Å². The molecule has 7 heteroatoms. The van der Waals surface area contributed by atoms with Gasteiger partial charge in [0.1, 0.15) is 18.2 Å². The van der Waals surface area contributed by atoms with Crippen LogP contribution < -0.4 is 4.74 Å². The lowest BCUT2D eigenvalue weighted by Crippen LogP contribution is -1.98. The van der Waals surface area contributed by atoms with Gasteiger partial charge in [0.05, 0.1) is 5.02 Å². The van der Waals surface area contributed by atoms with Gasteiger partial charge < -0.3 is 4.74 Å². The Morgan fingerprint density at radius 3 is 2.76 bits per heavy atom. The molecule has 0 spiro atoms. The zero-order chi connectivity index (χ0) is 14.7. The van der Waals surface area contributed by atoms with Crippen LogP contribution in [-0.4, -0.2) is 20.6 Å². The molecular weight excluding hydrogens is 295 g/mol. The first kappa shape index (κ1) is 13.5. The van der Waals surface area contributed by atoms with E-state index in [1.807, 2.05) is 0 Å². The van der Waals surface area contributed by atoms with Crippen LogP contribution in [0.1, 0.15) is 5.56 Å². The van der Waals surface area contributed by atoms with Crippen LogP contribution in [0.3, 0.4) is 0 Å². The third-order valence-electron chi connectivity index (χ3n) is 2.88. The standard InChI is InChI=1S/C14H10ClFN4O/c15-11-7-9(14-17-19-20-18-14)5-6-13(11)21-8-10-3-1-2-4-12(10)16/h1-7H,8H2,(H,17,18,19,20). The summed E-state index contributed by atoms with van der Waals surface area (Å²) in [6, 6.07) is 11.6. The van der Waals surface area contributed by atoms with E-state index in [-0.39, 0.29) is 12.4 Å².